The van der Waals surface area contributed by atoms with Gasteiger partial charge in [-0.3, -0.25) is 14.5 Å². The van der Waals surface area contributed by atoms with E-state index in [-0.39, 0.29) is 11.9 Å². The number of nitrogens with zero attached hydrogens (tertiary/aromatic N) is 6. The Morgan fingerprint density at radius 2 is 2.00 bits per heavy atom. The van der Waals surface area contributed by atoms with Crippen molar-refractivity contribution in [3.63, 3.8) is 0 Å². The van der Waals surface area contributed by atoms with Crippen molar-refractivity contribution in [2.24, 2.45) is 12.8 Å². The lowest BCUT2D eigenvalue weighted by Gasteiger charge is -2.38. The number of aryl methyl sites for hydroxylation is 1. The number of nitrogens with two attached hydrogens (primary N) is 1. The van der Waals surface area contributed by atoms with Crippen molar-refractivity contribution in [2.45, 2.75) is 6.04 Å². The lowest BCUT2D eigenvalue weighted by Crippen LogP contribution is -2.56. The monoisotopic (exact) mass is 400 g/mol. The van der Waals surface area contributed by atoms with Gasteiger partial charge in [0.2, 0.25) is 0 Å². The summed E-state index contributed by atoms with van der Waals surface area (Å²) in [6.45, 7) is 1.53. The van der Waals surface area contributed by atoms with Crippen molar-refractivity contribution in [3.8, 4) is 11.1 Å². The molecule has 0 saturated carbocycles. The summed E-state index contributed by atoms with van der Waals surface area (Å²) in [6, 6.07) is 7.35. The van der Waals surface area contributed by atoms with Gasteiger partial charge in [-0.25, -0.2) is 9.97 Å². The highest BCUT2D eigenvalue weighted by atomic mass is 16.1. The van der Waals surface area contributed by atoms with E-state index in [4.69, 9.17) is 10.7 Å². The van der Waals surface area contributed by atoms with Crippen molar-refractivity contribution in [2.75, 3.05) is 23.3 Å². The molecule has 30 heavy (non-hydrogen) atoms. The molecular weight excluding hydrogens is 380 g/mol. The zero-order chi connectivity index (χ0) is 20.7. The summed E-state index contributed by atoms with van der Waals surface area (Å²) < 4.78 is 1.76. The SMILES string of the molecule is Cn1cc(-c2cc3cc(NC(=O)c4ccncc4)ncc3nc2N2CC(N)C2)cn1. The Balaban J connectivity index is 1.53. The summed E-state index contributed by atoms with van der Waals surface area (Å²) in [5.74, 6) is 1.09. The van der Waals surface area contributed by atoms with E-state index in [0.717, 1.165) is 40.9 Å². The second-order valence-electron chi connectivity index (χ2n) is 7.38. The van der Waals surface area contributed by atoms with Crippen LogP contribution in [-0.2, 0) is 7.05 Å². The van der Waals surface area contributed by atoms with Gasteiger partial charge in [0.15, 0.2) is 0 Å². The maximum atomic E-state index is 12.4. The lowest BCUT2D eigenvalue weighted by molar-refractivity contribution is 0.102. The molecule has 0 aromatic carbocycles. The fourth-order valence-corrected chi connectivity index (χ4v) is 3.53. The molecule has 0 aliphatic carbocycles. The molecule has 1 aliphatic rings. The highest BCUT2D eigenvalue weighted by molar-refractivity contribution is 6.04. The predicted molar refractivity (Wildman–Crippen MR) is 114 cm³/mol. The number of aromatic nitrogens is 5. The van der Waals surface area contributed by atoms with Gasteiger partial charge >= 0.3 is 0 Å². The van der Waals surface area contributed by atoms with Gasteiger partial charge in [0.05, 0.1) is 17.9 Å². The molecule has 0 atom stereocenters. The van der Waals surface area contributed by atoms with Gasteiger partial charge in [0.1, 0.15) is 11.6 Å². The third kappa shape index (κ3) is 3.35. The summed E-state index contributed by atoms with van der Waals surface area (Å²) in [5.41, 5.74) is 9.20. The van der Waals surface area contributed by atoms with Crippen LogP contribution in [0, 0.1) is 0 Å². The van der Waals surface area contributed by atoms with Crippen LogP contribution in [-0.4, -0.2) is 49.8 Å². The number of amides is 1. The van der Waals surface area contributed by atoms with Crippen LogP contribution in [0.25, 0.3) is 22.0 Å². The van der Waals surface area contributed by atoms with Gasteiger partial charge in [0, 0.05) is 66.8 Å². The van der Waals surface area contributed by atoms with Crippen LogP contribution in [0.15, 0.2) is 55.2 Å². The third-order valence-electron chi connectivity index (χ3n) is 5.09. The molecule has 0 radical (unpaired) electrons. The van der Waals surface area contributed by atoms with Crippen LogP contribution in [0.3, 0.4) is 0 Å². The highest BCUT2D eigenvalue weighted by Gasteiger charge is 2.27. The first-order valence-electron chi connectivity index (χ1n) is 9.58. The molecule has 3 N–H and O–H groups in total. The molecular formula is C21H20N8O. The molecule has 1 fully saturated rings. The number of fused-ring (bicyclic) bond motifs is 1. The normalized spacial score (nSPS) is 14.0. The van der Waals surface area contributed by atoms with E-state index >= 15 is 0 Å². The molecule has 150 valence electrons. The Morgan fingerprint density at radius 3 is 2.70 bits per heavy atom. The average Bonchev–Trinajstić information content (AvgIpc) is 3.17. The summed E-state index contributed by atoms with van der Waals surface area (Å²) in [6.07, 6.45) is 8.61. The summed E-state index contributed by atoms with van der Waals surface area (Å²) in [7, 11) is 1.88. The number of hydrogen-bond acceptors (Lipinski definition) is 7. The lowest BCUT2D eigenvalue weighted by atomic mass is 10.0. The molecule has 9 nitrogen and oxygen atoms in total. The molecule has 1 amide bonds. The van der Waals surface area contributed by atoms with Crippen molar-refractivity contribution in [1.82, 2.24) is 24.7 Å². The average molecular weight is 400 g/mol. The van der Waals surface area contributed by atoms with E-state index in [1.165, 1.54) is 0 Å². The Morgan fingerprint density at radius 1 is 1.20 bits per heavy atom. The molecule has 5 rings (SSSR count). The number of anilines is 2. The van der Waals surface area contributed by atoms with Gasteiger partial charge in [-0.1, -0.05) is 0 Å². The van der Waals surface area contributed by atoms with Crippen LogP contribution in [0.1, 0.15) is 10.4 Å². The van der Waals surface area contributed by atoms with Gasteiger partial charge in [-0.05, 0) is 24.3 Å². The molecule has 1 aliphatic heterocycles. The summed E-state index contributed by atoms with van der Waals surface area (Å²) >= 11 is 0. The minimum absolute atomic E-state index is 0.160. The maximum Gasteiger partial charge on any atom is 0.256 e. The van der Waals surface area contributed by atoms with Crippen LogP contribution in [0.4, 0.5) is 11.6 Å². The zero-order valence-electron chi connectivity index (χ0n) is 16.4. The maximum absolute atomic E-state index is 12.4. The number of rotatable bonds is 4. The standard InChI is InChI=1S/C21H20N8O/c1-28-10-15(8-25-28)17-6-14-7-19(27-21(30)13-2-4-23-5-3-13)24-9-18(14)26-20(17)29-11-16(22)12-29/h2-10,16H,11-12,22H2,1H3,(H,24,27,30). The Hall–Kier alpha value is -3.85. The van der Waals surface area contributed by atoms with Crippen molar-refractivity contribution in [3.05, 3.63) is 60.8 Å². The number of carbonyl (C=O) groups is 1. The molecule has 4 aromatic rings. The summed E-state index contributed by atoms with van der Waals surface area (Å²) in [4.78, 5) is 27.7. The van der Waals surface area contributed by atoms with Crippen LogP contribution in [0.5, 0.6) is 0 Å². The topological polar surface area (TPSA) is 115 Å². The van der Waals surface area contributed by atoms with E-state index in [1.807, 2.05) is 25.5 Å². The molecule has 4 aromatic heterocycles. The van der Waals surface area contributed by atoms with E-state index in [9.17, 15) is 4.79 Å². The van der Waals surface area contributed by atoms with E-state index < -0.39 is 0 Å². The van der Waals surface area contributed by atoms with E-state index in [2.05, 4.69) is 31.3 Å². The predicted octanol–water partition coefficient (Wildman–Crippen LogP) is 1.82. The number of carbonyl (C=O) groups excluding carboxylic acids is 1. The Kier molecular flexibility index (Phi) is 4.36. The minimum atomic E-state index is -0.240. The number of pyridine rings is 3. The Bertz CT molecular complexity index is 1230. The van der Waals surface area contributed by atoms with Crippen LogP contribution in [0.2, 0.25) is 0 Å². The second kappa shape index (κ2) is 7.20. The van der Waals surface area contributed by atoms with Crippen molar-refractivity contribution in [1.29, 1.82) is 0 Å². The van der Waals surface area contributed by atoms with E-state index in [1.54, 1.807) is 35.4 Å². The molecule has 1 saturated heterocycles. The van der Waals surface area contributed by atoms with Crippen molar-refractivity contribution >= 4 is 28.4 Å². The molecule has 0 unspecified atom stereocenters. The van der Waals surface area contributed by atoms with E-state index in [0.29, 0.717) is 11.4 Å². The smallest absolute Gasteiger partial charge is 0.256 e. The highest BCUT2D eigenvalue weighted by Crippen LogP contribution is 2.34. The van der Waals surface area contributed by atoms with Gasteiger partial charge < -0.3 is 16.0 Å². The minimum Gasteiger partial charge on any atom is -0.353 e. The molecule has 5 heterocycles. The fraction of sp³-hybridized carbons (Fsp3) is 0.190. The first-order valence-corrected chi connectivity index (χ1v) is 9.58. The van der Waals surface area contributed by atoms with Gasteiger partial charge in [-0.2, -0.15) is 5.10 Å². The third-order valence-corrected chi connectivity index (χ3v) is 5.09. The van der Waals surface area contributed by atoms with Gasteiger partial charge in [-0.15, -0.1) is 0 Å². The van der Waals surface area contributed by atoms with Gasteiger partial charge in [0.25, 0.3) is 5.91 Å². The second-order valence-corrected chi connectivity index (χ2v) is 7.38. The number of nitrogens with one attached hydrogen (secondary N) is 1. The Labute approximate surface area is 172 Å². The summed E-state index contributed by atoms with van der Waals surface area (Å²) in [5, 5.41) is 8.00. The van der Waals surface area contributed by atoms with Crippen molar-refractivity contribution < 1.29 is 4.79 Å². The molecule has 0 bridgehead atoms. The molecule has 9 heteroatoms. The van der Waals surface area contributed by atoms with Crippen LogP contribution >= 0.6 is 0 Å². The first kappa shape index (κ1) is 18.2. The zero-order valence-corrected chi connectivity index (χ0v) is 16.4. The van der Waals surface area contributed by atoms with Crippen LogP contribution < -0.4 is 16.0 Å². The quantitative estimate of drug-likeness (QED) is 0.537. The largest absolute Gasteiger partial charge is 0.353 e. The fourth-order valence-electron chi connectivity index (χ4n) is 3.53. The number of hydrogen-bond donors (Lipinski definition) is 2. The molecule has 0 spiro atoms. The first-order chi connectivity index (χ1) is 14.6.